The van der Waals surface area contributed by atoms with E-state index in [9.17, 15) is 9.18 Å². The van der Waals surface area contributed by atoms with Crippen molar-refractivity contribution in [3.63, 3.8) is 0 Å². The Kier molecular flexibility index (Phi) is 3.20. The van der Waals surface area contributed by atoms with Crippen molar-refractivity contribution < 1.29 is 13.9 Å². The number of nitrogens with zero attached hydrogens (tertiary/aromatic N) is 3. The molecule has 0 spiro atoms. The van der Waals surface area contributed by atoms with Crippen LogP contribution in [0.25, 0.3) is 5.69 Å². The van der Waals surface area contributed by atoms with Crippen LogP contribution in [0.4, 0.5) is 10.1 Å². The number of nitrogens with two attached hydrogens (primary N) is 1. The molecule has 2 aromatic rings. The zero-order valence-electron chi connectivity index (χ0n) is 10.8. The maximum Gasteiger partial charge on any atom is 0.340 e. The average molecular weight is 264 g/mol. The lowest BCUT2D eigenvalue weighted by Gasteiger charge is -2.09. The van der Waals surface area contributed by atoms with E-state index in [1.54, 1.807) is 13.8 Å². The van der Waals surface area contributed by atoms with E-state index in [1.807, 2.05) is 0 Å². The molecule has 0 unspecified atom stereocenters. The standard InChI is InChI=1S/C12H13FN4O2/c1-6-15-7(2)17(16-6)11-4-8(12(18)19-3)10(14)5-9(11)13/h4-5H,14H2,1-3H3. The first-order valence-corrected chi connectivity index (χ1v) is 5.52. The maximum absolute atomic E-state index is 14.0. The Hall–Kier alpha value is -2.44. The summed E-state index contributed by atoms with van der Waals surface area (Å²) in [4.78, 5) is 15.6. The van der Waals surface area contributed by atoms with E-state index in [0.29, 0.717) is 11.6 Å². The van der Waals surface area contributed by atoms with Gasteiger partial charge in [0.15, 0.2) is 5.82 Å². The summed E-state index contributed by atoms with van der Waals surface area (Å²) >= 11 is 0. The lowest BCUT2D eigenvalue weighted by Crippen LogP contribution is -2.10. The molecule has 2 N–H and O–H groups in total. The SMILES string of the molecule is COC(=O)c1cc(-n2nc(C)nc2C)c(F)cc1N. The number of hydrogen-bond acceptors (Lipinski definition) is 5. The molecule has 1 aromatic carbocycles. The number of aromatic nitrogens is 3. The third-order valence-electron chi connectivity index (χ3n) is 2.63. The van der Waals surface area contributed by atoms with Crippen LogP contribution in [-0.4, -0.2) is 27.8 Å². The molecule has 1 aromatic heterocycles. The number of esters is 1. The van der Waals surface area contributed by atoms with Gasteiger partial charge in [-0.1, -0.05) is 0 Å². The molecule has 19 heavy (non-hydrogen) atoms. The second-order valence-corrected chi connectivity index (χ2v) is 4.00. The lowest BCUT2D eigenvalue weighted by molar-refractivity contribution is 0.0602. The van der Waals surface area contributed by atoms with Gasteiger partial charge in [0.2, 0.25) is 0 Å². The second kappa shape index (κ2) is 4.68. The highest BCUT2D eigenvalue weighted by atomic mass is 19.1. The molecule has 0 bridgehead atoms. The van der Waals surface area contributed by atoms with Gasteiger partial charge in [0, 0.05) is 5.69 Å². The van der Waals surface area contributed by atoms with Crippen LogP contribution < -0.4 is 5.73 Å². The van der Waals surface area contributed by atoms with Crippen LogP contribution in [0, 0.1) is 19.7 Å². The zero-order valence-corrected chi connectivity index (χ0v) is 10.8. The number of ether oxygens (including phenoxy) is 1. The third kappa shape index (κ3) is 2.26. The van der Waals surface area contributed by atoms with E-state index >= 15 is 0 Å². The predicted molar refractivity (Wildman–Crippen MR) is 66.5 cm³/mol. The van der Waals surface area contributed by atoms with Gasteiger partial charge >= 0.3 is 5.97 Å². The average Bonchev–Trinajstić information content (AvgIpc) is 2.67. The molecule has 0 aliphatic rings. The maximum atomic E-state index is 14.0. The van der Waals surface area contributed by atoms with E-state index < -0.39 is 11.8 Å². The molecule has 0 aliphatic carbocycles. The Balaban J connectivity index is 2.64. The molecule has 0 atom stereocenters. The molecule has 0 saturated heterocycles. The van der Waals surface area contributed by atoms with Crippen LogP contribution in [0.3, 0.4) is 0 Å². The number of nitrogen functional groups attached to an aromatic ring is 1. The number of carbonyl (C=O) groups is 1. The highest BCUT2D eigenvalue weighted by molar-refractivity contribution is 5.95. The van der Waals surface area contributed by atoms with Gasteiger partial charge in [-0.15, -0.1) is 0 Å². The van der Waals surface area contributed by atoms with Crippen LogP contribution in [0.15, 0.2) is 12.1 Å². The van der Waals surface area contributed by atoms with E-state index in [2.05, 4.69) is 14.8 Å². The fraction of sp³-hybridized carbons (Fsp3) is 0.250. The van der Waals surface area contributed by atoms with Gasteiger partial charge < -0.3 is 10.5 Å². The molecule has 7 heteroatoms. The summed E-state index contributed by atoms with van der Waals surface area (Å²) in [5, 5.41) is 4.07. The van der Waals surface area contributed by atoms with Crippen molar-refractivity contribution in [3.05, 3.63) is 35.2 Å². The first kappa shape index (κ1) is 13.0. The normalized spacial score (nSPS) is 10.5. The Labute approximate surface area is 109 Å². The van der Waals surface area contributed by atoms with Gasteiger partial charge in [0.05, 0.1) is 12.7 Å². The van der Waals surface area contributed by atoms with E-state index in [-0.39, 0.29) is 16.9 Å². The zero-order chi connectivity index (χ0) is 14.2. The van der Waals surface area contributed by atoms with Crippen molar-refractivity contribution in [1.82, 2.24) is 14.8 Å². The second-order valence-electron chi connectivity index (χ2n) is 4.00. The van der Waals surface area contributed by atoms with Gasteiger partial charge in [0.1, 0.15) is 17.3 Å². The van der Waals surface area contributed by atoms with Crippen LogP contribution >= 0.6 is 0 Å². The van der Waals surface area contributed by atoms with Crippen molar-refractivity contribution in [2.24, 2.45) is 0 Å². The molecule has 0 fully saturated rings. The number of aryl methyl sites for hydroxylation is 2. The largest absolute Gasteiger partial charge is 0.465 e. The van der Waals surface area contributed by atoms with E-state index in [1.165, 1.54) is 17.9 Å². The first-order valence-electron chi connectivity index (χ1n) is 5.52. The van der Waals surface area contributed by atoms with Crippen molar-refractivity contribution >= 4 is 11.7 Å². The minimum absolute atomic E-state index is 0.0163. The van der Waals surface area contributed by atoms with Crippen molar-refractivity contribution in [3.8, 4) is 5.69 Å². The molecule has 0 radical (unpaired) electrons. The number of hydrogen-bond donors (Lipinski definition) is 1. The number of carbonyl (C=O) groups excluding carboxylic acids is 1. The van der Waals surface area contributed by atoms with Gasteiger partial charge in [-0.2, -0.15) is 5.10 Å². The number of methoxy groups -OCH3 is 1. The van der Waals surface area contributed by atoms with Crippen molar-refractivity contribution in [2.45, 2.75) is 13.8 Å². The molecule has 0 saturated carbocycles. The predicted octanol–water partition coefficient (Wildman–Crippen LogP) is 1.39. The van der Waals surface area contributed by atoms with Crippen LogP contribution in [0.2, 0.25) is 0 Å². The quantitative estimate of drug-likeness (QED) is 0.654. The van der Waals surface area contributed by atoms with Crippen molar-refractivity contribution in [1.29, 1.82) is 0 Å². The molecule has 0 aliphatic heterocycles. The summed E-state index contributed by atoms with van der Waals surface area (Å²) in [5.74, 6) is -0.197. The summed E-state index contributed by atoms with van der Waals surface area (Å²) < 4.78 is 19.9. The molecular weight excluding hydrogens is 251 g/mol. The van der Waals surface area contributed by atoms with Crippen LogP contribution in [0.5, 0.6) is 0 Å². The van der Waals surface area contributed by atoms with Gasteiger partial charge in [-0.25, -0.2) is 18.9 Å². The molecule has 6 nitrogen and oxygen atoms in total. The van der Waals surface area contributed by atoms with E-state index in [4.69, 9.17) is 5.73 Å². The highest BCUT2D eigenvalue weighted by Crippen LogP contribution is 2.22. The first-order chi connectivity index (χ1) is 8.93. The number of benzene rings is 1. The van der Waals surface area contributed by atoms with Gasteiger partial charge in [0.25, 0.3) is 0 Å². The summed E-state index contributed by atoms with van der Waals surface area (Å²) in [6.45, 7) is 3.38. The van der Waals surface area contributed by atoms with Gasteiger partial charge in [-0.3, -0.25) is 0 Å². The van der Waals surface area contributed by atoms with Crippen LogP contribution in [-0.2, 0) is 4.74 Å². The topological polar surface area (TPSA) is 83.0 Å². The summed E-state index contributed by atoms with van der Waals surface area (Å²) in [7, 11) is 1.23. The Morgan fingerprint density at radius 3 is 2.63 bits per heavy atom. The summed E-state index contributed by atoms with van der Waals surface area (Å²) in [6, 6.07) is 2.37. The highest BCUT2D eigenvalue weighted by Gasteiger charge is 2.17. The fourth-order valence-electron chi connectivity index (χ4n) is 1.78. The molecule has 0 amide bonds. The molecule has 100 valence electrons. The Morgan fingerprint density at radius 2 is 2.11 bits per heavy atom. The lowest BCUT2D eigenvalue weighted by atomic mass is 10.1. The Morgan fingerprint density at radius 1 is 1.42 bits per heavy atom. The Bertz CT molecular complexity index is 651. The van der Waals surface area contributed by atoms with Crippen molar-refractivity contribution in [2.75, 3.05) is 12.8 Å². The fourth-order valence-corrected chi connectivity index (χ4v) is 1.78. The molecule has 2 rings (SSSR count). The van der Waals surface area contributed by atoms with E-state index in [0.717, 1.165) is 6.07 Å². The van der Waals surface area contributed by atoms with Crippen LogP contribution in [0.1, 0.15) is 22.0 Å². The molecular formula is C12H13FN4O2. The van der Waals surface area contributed by atoms with Gasteiger partial charge in [-0.05, 0) is 26.0 Å². The number of anilines is 1. The number of rotatable bonds is 2. The molecule has 1 heterocycles. The summed E-state index contributed by atoms with van der Waals surface area (Å²) in [5.41, 5.74) is 5.81. The minimum Gasteiger partial charge on any atom is -0.465 e. The monoisotopic (exact) mass is 264 g/mol. The summed E-state index contributed by atoms with van der Waals surface area (Å²) in [6.07, 6.45) is 0. The number of halogens is 1. The minimum atomic E-state index is -0.631. The third-order valence-corrected chi connectivity index (χ3v) is 2.63. The smallest absolute Gasteiger partial charge is 0.340 e.